The average molecular weight is 298 g/mol. The quantitative estimate of drug-likeness (QED) is 0.361. The fraction of sp³-hybridized carbons (Fsp3) is 0.312. The SMILES string of the molecule is C=C\C=C/C(C)=N/N=C(/C#N)C(=O)c1cc(C(C)(C)C)on1. The fourth-order valence-corrected chi connectivity index (χ4v) is 1.35. The molecule has 0 saturated carbocycles. The van der Waals surface area contributed by atoms with Crippen LogP contribution in [0.15, 0.2) is 45.6 Å². The summed E-state index contributed by atoms with van der Waals surface area (Å²) in [7, 11) is 0. The number of carbonyl (C=O) groups excluding carboxylic acids is 1. The average Bonchev–Trinajstić information content (AvgIpc) is 2.95. The molecular formula is C16H18N4O2. The highest BCUT2D eigenvalue weighted by molar-refractivity contribution is 6.50. The second kappa shape index (κ2) is 7.27. The van der Waals surface area contributed by atoms with Crippen LogP contribution in [0.1, 0.15) is 43.9 Å². The van der Waals surface area contributed by atoms with E-state index in [0.29, 0.717) is 11.5 Å². The molecule has 0 aliphatic heterocycles. The van der Waals surface area contributed by atoms with Crippen molar-refractivity contribution in [3.63, 3.8) is 0 Å². The van der Waals surface area contributed by atoms with Crippen LogP contribution >= 0.6 is 0 Å². The third kappa shape index (κ3) is 4.63. The van der Waals surface area contributed by atoms with Gasteiger partial charge in [-0.2, -0.15) is 10.4 Å². The standard InChI is InChI=1S/C16H18N4O2/c1-6-7-8-11(2)18-19-13(10-17)15(21)12-9-14(22-20-12)16(3,4)5/h6-9H,1H2,2-5H3/b8-7-,18-11+,19-13-. The lowest BCUT2D eigenvalue weighted by atomic mass is 9.93. The second-order valence-corrected chi connectivity index (χ2v) is 5.55. The number of hydrogen-bond donors (Lipinski definition) is 0. The van der Waals surface area contributed by atoms with Gasteiger partial charge in [-0.1, -0.05) is 44.7 Å². The van der Waals surface area contributed by atoms with E-state index in [1.165, 1.54) is 6.07 Å². The summed E-state index contributed by atoms with van der Waals surface area (Å²) < 4.78 is 5.13. The van der Waals surface area contributed by atoms with Crippen molar-refractivity contribution in [3.8, 4) is 6.07 Å². The first-order valence-corrected chi connectivity index (χ1v) is 6.63. The highest BCUT2D eigenvalue weighted by Gasteiger charge is 2.24. The van der Waals surface area contributed by atoms with Crippen molar-refractivity contribution in [1.82, 2.24) is 5.16 Å². The van der Waals surface area contributed by atoms with Crippen molar-refractivity contribution in [2.75, 3.05) is 0 Å². The van der Waals surface area contributed by atoms with Crippen LogP contribution in [0.3, 0.4) is 0 Å². The Morgan fingerprint density at radius 1 is 1.45 bits per heavy atom. The molecule has 6 heteroatoms. The van der Waals surface area contributed by atoms with Gasteiger partial charge in [0, 0.05) is 11.5 Å². The maximum atomic E-state index is 12.2. The van der Waals surface area contributed by atoms with Gasteiger partial charge in [0.15, 0.2) is 5.69 Å². The summed E-state index contributed by atoms with van der Waals surface area (Å²) in [5.41, 5.74) is -0.0458. The van der Waals surface area contributed by atoms with Crippen LogP contribution < -0.4 is 0 Å². The van der Waals surface area contributed by atoms with Crippen molar-refractivity contribution in [1.29, 1.82) is 5.26 Å². The summed E-state index contributed by atoms with van der Waals surface area (Å²) in [6.07, 6.45) is 4.92. The van der Waals surface area contributed by atoms with E-state index in [4.69, 9.17) is 9.78 Å². The summed E-state index contributed by atoms with van der Waals surface area (Å²) in [4.78, 5) is 12.2. The van der Waals surface area contributed by atoms with E-state index in [0.717, 1.165) is 0 Å². The summed E-state index contributed by atoms with van der Waals surface area (Å²) in [5.74, 6) is -0.0623. The molecule has 0 unspecified atom stereocenters. The third-order valence-electron chi connectivity index (χ3n) is 2.58. The lowest BCUT2D eigenvalue weighted by Crippen LogP contribution is -2.13. The predicted octanol–water partition coefficient (Wildman–Crippen LogP) is 3.24. The Morgan fingerprint density at radius 2 is 2.14 bits per heavy atom. The number of aromatic nitrogens is 1. The number of nitrogens with zero attached hydrogens (tertiary/aromatic N) is 4. The molecule has 1 aromatic heterocycles. The smallest absolute Gasteiger partial charge is 0.245 e. The van der Waals surface area contributed by atoms with Crippen LogP contribution in [0.4, 0.5) is 0 Å². The van der Waals surface area contributed by atoms with E-state index in [-0.39, 0.29) is 16.8 Å². The van der Waals surface area contributed by atoms with Crippen molar-refractivity contribution >= 4 is 17.2 Å². The Labute approximate surface area is 129 Å². The Hall–Kier alpha value is -2.81. The highest BCUT2D eigenvalue weighted by Crippen LogP contribution is 2.22. The van der Waals surface area contributed by atoms with Gasteiger partial charge in [-0.05, 0) is 13.0 Å². The minimum Gasteiger partial charge on any atom is -0.360 e. The van der Waals surface area contributed by atoms with E-state index < -0.39 is 5.78 Å². The van der Waals surface area contributed by atoms with E-state index in [1.54, 1.807) is 31.2 Å². The van der Waals surface area contributed by atoms with Gasteiger partial charge < -0.3 is 4.52 Å². The Kier molecular flexibility index (Phi) is 5.70. The molecule has 0 N–H and O–H groups in total. The topological polar surface area (TPSA) is 91.6 Å². The molecule has 0 atom stereocenters. The second-order valence-electron chi connectivity index (χ2n) is 5.55. The van der Waals surface area contributed by atoms with Crippen LogP contribution in [0, 0.1) is 11.3 Å². The molecule has 0 saturated heterocycles. The summed E-state index contributed by atoms with van der Waals surface area (Å²) >= 11 is 0. The molecule has 0 aromatic carbocycles. The first-order valence-electron chi connectivity index (χ1n) is 6.63. The van der Waals surface area contributed by atoms with Crippen LogP contribution in [-0.2, 0) is 5.41 Å². The Bertz CT molecular complexity index is 694. The molecule has 1 aromatic rings. The molecule has 6 nitrogen and oxygen atoms in total. The normalized spacial score (nSPS) is 13.2. The highest BCUT2D eigenvalue weighted by atomic mass is 16.5. The lowest BCUT2D eigenvalue weighted by molar-refractivity contribution is 0.105. The zero-order valence-corrected chi connectivity index (χ0v) is 13.1. The Balaban J connectivity index is 3.03. The molecule has 0 fully saturated rings. The van der Waals surface area contributed by atoms with Crippen molar-refractivity contribution < 1.29 is 9.32 Å². The van der Waals surface area contributed by atoms with Gasteiger partial charge in [0.25, 0.3) is 0 Å². The van der Waals surface area contributed by atoms with Gasteiger partial charge >= 0.3 is 0 Å². The Morgan fingerprint density at radius 3 is 2.64 bits per heavy atom. The van der Waals surface area contributed by atoms with Crippen molar-refractivity contribution in [2.45, 2.75) is 33.1 Å². The van der Waals surface area contributed by atoms with Crippen LogP contribution in [0.5, 0.6) is 0 Å². The monoisotopic (exact) mass is 298 g/mol. The van der Waals surface area contributed by atoms with Crippen LogP contribution in [-0.4, -0.2) is 22.4 Å². The number of hydrogen-bond acceptors (Lipinski definition) is 6. The van der Waals surface area contributed by atoms with Gasteiger partial charge in [0.1, 0.15) is 11.8 Å². The molecule has 114 valence electrons. The zero-order chi connectivity index (χ0) is 16.8. The van der Waals surface area contributed by atoms with E-state index in [2.05, 4.69) is 21.9 Å². The molecule has 1 heterocycles. The molecule has 0 aliphatic rings. The number of ketones is 1. The predicted molar refractivity (Wildman–Crippen MR) is 85.0 cm³/mol. The molecule has 0 spiro atoms. The van der Waals surface area contributed by atoms with Gasteiger partial charge in [0.2, 0.25) is 11.5 Å². The fourth-order valence-electron chi connectivity index (χ4n) is 1.35. The molecule has 0 amide bonds. The summed E-state index contributed by atoms with van der Waals surface area (Å²) in [6.45, 7) is 11.0. The zero-order valence-electron chi connectivity index (χ0n) is 13.1. The molecule has 0 radical (unpaired) electrons. The number of rotatable bonds is 5. The van der Waals surface area contributed by atoms with Crippen LogP contribution in [0.2, 0.25) is 0 Å². The molecule has 1 rings (SSSR count). The van der Waals surface area contributed by atoms with E-state index >= 15 is 0 Å². The summed E-state index contributed by atoms with van der Waals surface area (Å²) in [5, 5.41) is 20.2. The minimum absolute atomic E-state index is 0.0414. The minimum atomic E-state index is -0.619. The molecule has 0 bridgehead atoms. The van der Waals surface area contributed by atoms with Gasteiger partial charge in [-0.25, -0.2) is 0 Å². The van der Waals surface area contributed by atoms with E-state index in [9.17, 15) is 4.79 Å². The molecule has 0 aliphatic carbocycles. The largest absolute Gasteiger partial charge is 0.360 e. The lowest BCUT2D eigenvalue weighted by Gasteiger charge is -2.11. The van der Waals surface area contributed by atoms with Crippen LogP contribution in [0.25, 0.3) is 0 Å². The number of carbonyl (C=O) groups is 1. The number of nitriles is 1. The number of allylic oxidation sites excluding steroid dienone is 3. The van der Waals surface area contributed by atoms with Gasteiger partial charge in [-0.15, -0.1) is 5.10 Å². The van der Waals surface area contributed by atoms with E-state index in [1.807, 2.05) is 20.8 Å². The van der Waals surface area contributed by atoms with Gasteiger partial charge in [0.05, 0.1) is 5.71 Å². The molecular weight excluding hydrogens is 280 g/mol. The van der Waals surface area contributed by atoms with Crippen molar-refractivity contribution in [3.05, 3.63) is 42.3 Å². The summed E-state index contributed by atoms with van der Waals surface area (Å²) in [6, 6.07) is 3.24. The maximum absolute atomic E-state index is 12.2. The third-order valence-corrected chi connectivity index (χ3v) is 2.58. The molecule has 22 heavy (non-hydrogen) atoms. The number of Topliss-reactive ketones (excluding diaryl/α,β-unsaturated/α-hetero) is 1. The van der Waals surface area contributed by atoms with Gasteiger partial charge in [-0.3, -0.25) is 4.79 Å². The van der Waals surface area contributed by atoms with Crippen molar-refractivity contribution in [2.24, 2.45) is 10.2 Å². The first kappa shape index (κ1) is 17.2. The maximum Gasteiger partial charge on any atom is 0.245 e. The first-order chi connectivity index (χ1) is 10.3.